The number of halogens is 1. The Balaban J connectivity index is 2.52. The Hall–Kier alpha value is -1.10. The number of nitrogens with one attached hydrogen (secondary N) is 2. The maximum atomic E-state index is 11.8. The second-order valence-electron chi connectivity index (χ2n) is 5.49. The topological polar surface area (TPSA) is 62.0 Å². The van der Waals surface area contributed by atoms with Crippen molar-refractivity contribution in [1.29, 1.82) is 0 Å². The highest BCUT2D eigenvalue weighted by Crippen LogP contribution is 2.24. The first kappa shape index (κ1) is 15.0. The lowest BCUT2D eigenvalue weighted by Gasteiger charge is -2.22. The third kappa shape index (κ3) is 5.04. The predicted octanol–water partition coefficient (Wildman–Crippen LogP) is 2.30. The molecule has 1 atom stereocenters. The van der Waals surface area contributed by atoms with E-state index in [0.29, 0.717) is 6.54 Å². The molecule has 0 spiro atoms. The van der Waals surface area contributed by atoms with Crippen LogP contribution in [0.5, 0.6) is 0 Å². The summed E-state index contributed by atoms with van der Waals surface area (Å²) in [5.74, 6) is -0.338. The van der Waals surface area contributed by atoms with Crippen molar-refractivity contribution in [3.63, 3.8) is 0 Å². The molecule has 0 radical (unpaired) electrons. The van der Waals surface area contributed by atoms with E-state index in [0.717, 1.165) is 6.42 Å². The minimum absolute atomic E-state index is 0.146. The van der Waals surface area contributed by atoms with Gasteiger partial charge in [-0.1, -0.05) is 36.7 Å². The van der Waals surface area contributed by atoms with Crippen LogP contribution in [-0.2, 0) is 0 Å². The summed E-state index contributed by atoms with van der Waals surface area (Å²) in [4.78, 5) is 26.2. The van der Waals surface area contributed by atoms with Gasteiger partial charge in [0.05, 0.1) is 0 Å². The summed E-state index contributed by atoms with van der Waals surface area (Å²) in [6.07, 6.45) is 3.87. The molecule has 5 heteroatoms. The summed E-state index contributed by atoms with van der Waals surface area (Å²) in [6, 6.07) is 1.34. The van der Waals surface area contributed by atoms with Crippen LogP contribution in [0.15, 0.2) is 23.3 Å². The van der Waals surface area contributed by atoms with Gasteiger partial charge in [0.2, 0.25) is 0 Å². The highest BCUT2D eigenvalue weighted by molar-refractivity contribution is 9.09. The molecule has 1 aromatic heterocycles. The molecule has 18 heavy (non-hydrogen) atoms. The van der Waals surface area contributed by atoms with Crippen molar-refractivity contribution in [2.75, 3.05) is 6.54 Å². The highest BCUT2D eigenvalue weighted by atomic mass is 79.9. The molecule has 4 nitrogen and oxygen atoms in total. The molecule has 0 aliphatic rings. The first-order chi connectivity index (χ1) is 8.29. The SMILES string of the molecule is CC(C)(C)CC(Br)CNC(=O)c1c[nH]ccc1=O. The molecule has 1 aromatic rings. The third-order valence-electron chi connectivity index (χ3n) is 2.39. The Morgan fingerprint density at radius 2 is 2.17 bits per heavy atom. The Morgan fingerprint density at radius 3 is 2.72 bits per heavy atom. The number of pyridine rings is 1. The van der Waals surface area contributed by atoms with Crippen molar-refractivity contribution in [3.05, 3.63) is 34.2 Å². The number of aromatic nitrogens is 1. The summed E-state index contributed by atoms with van der Waals surface area (Å²) in [6.45, 7) is 6.94. The van der Waals surface area contributed by atoms with E-state index in [1.807, 2.05) is 0 Å². The molecule has 1 heterocycles. The lowest BCUT2D eigenvalue weighted by atomic mass is 9.90. The van der Waals surface area contributed by atoms with Crippen LogP contribution < -0.4 is 10.7 Å². The van der Waals surface area contributed by atoms with Gasteiger partial charge in [0.1, 0.15) is 5.56 Å². The van der Waals surface area contributed by atoms with Crippen molar-refractivity contribution in [2.45, 2.75) is 32.0 Å². The monoisotopic (exact) mass is 314 g/mol. The largest absolute Gasteiger partial charge is 0.367 e. The Bertz CT molecular complexity index is 463. The van der Waals surface area contributed by atoms with Gasteiger partial charge < -0.3 is 10.3 Å². The highest BCUT2D eigenvalue weighted by Gasteiger charge is 2.17. The van der Waals surface area contributed by atoms with Crippen molar-refractivity contribution >= 4 is 21.8 Å². The average Bonchev–Trinajstić information content (AvgIpc) is 2.24. The van der Waals surface area contributed by atoms with Crippen molar-refractivity contribution in [3.8, 4) is 0 Å². The Morgan fingerprint density at radius 1 is 1.50 bits per heavy atom. The number of alkyl halides is 1. The van der Waals surface area contributed by atoms with Crippen LogP contribution in [-0.4, -0.2) is 22.3 Å². The van der Waals surface area contributed by atoms with Gasteiger partial charge in [-0.15, -0.1) is 0 Å². The fourth-order valence-electron chi connectivity index (χ4n) is 1.63. The lowest BCUT2D eigenvalue weighted by Crippen LogP contribution is -2.34. The number of hydrogen-bond donors (Lipinski definition) is 2. The number of aromatic amines is 1. The number of H-pyrrole nitrogens is 1. The molecular weight excluding hydrogens is 296 g/mol. The van der Waals surface area contributed by atoms with Crippen LogP contribution in [0.1, 0.15) is 37.6 Å². The van der Waals surface area contributed by atoms with Gasteiger partial charge in [-0.25, -0.2) is 0 Å². The number of carbonyl (C=O) groups is 1. The van der Waals surface area contributed by atoms with Gasteiger partial charge in [0.15, 0.2) is 5.43 Å². The molecule has 0 fully saturated rings. The van der Waals surface area contributed by atoms with E-state index in [-0.39, 0.29) is 27.1 Å². The van der Waals surface area contributed by atoms with E-state index < -0.39 is 0 Å². The molecule has 1 unspecified atom stereocenters. The van der Waals surface area contributed by atoms with E-state index in [1.165, 1.54) is 18.5 Å². The molecule has 1 amide bonds. The number of rotatable bonds is 4. The number of amides is 1. The minimum Gasteiger partial charge on any atom is -0.367 e. The summed E-state index contributed by atoms with van der Waals surface area (Å²) in [5, 5.41) is 2.76. The van der Waals surface area contributed by atoms with Gasteiger partial charge >= 0.3 is 0 Å². The van der Waals surface area contributed by atoms with Crippen LogP contribution >= 0.6 is 15.9 Å². The second kappa shape index (κ2) is 6.18. The molecular formula is C13H19BrN2O2. The molecule has 100 valence electrons. The molecule has 0 saturated carbocycles. The Labute approximate surface area is 115 Å². The van der Waals surface area contributed by atoms with Crippen molar-refractivity contribution in [1.82, 2.24) is 10.3 Å². The van der Waals surface area contributed by atoms with E-state index in [2.05, 4.69) is 47.0 Å². The smallest absolute Gasteiger partial charge is 0.256 e. The summed E-state index contributed by atoms with van der Waals surface area (Å²) >= 11 is 3.53. The quantitative estimate of drug-likeness (QED) is 0.838. The predicted molar refractivity (Wildman–Crippen MR) is 76.2 cm³/mol. The van der Waals surface area contributed by atoms with E-state index >= 15 is 0 Å². The van der Waals surface area contributed by atoms with Crippen LogP contribution in [0, 0.1) is 5.41 Å². The third-order valence-corrected chi connectivity index (χ3v) is 3.03. The van der Waals surface area contributed by atoms with E-state index in [9.17, 15) is 9.59 Å². The molecule has 0 aromatic carbocycles. The lowest BCUT2D eigenvalue weighted by molar-refractivity contribution is 0.0951. The van der Waals surface area contributed by atoms with Crippen LogP contribution in [0.4, 0.5) is 0 Å². The van der Waals surface area contributed by atoms with Gasteiger partial charge in [0, 0.05) is 29.8 Å². The normalized spacial score (nSPS) is 13.1. The summed E-state index contributed by atoms with van der Waals surface area (Å²) in [7, 11) is 0. The fourth-order valence-corrected chi connectivity index (χ4v) is 2.76. The number of carbonyl (C=O) groups excluding carboxylic acids is 1. The molecule has 0 bridgehead atoms. The van der Waals surface area contributed by atoms with E-state index in [1.54, 1.807) is 0 Å². The number of hydrogen-bond acceptors (Lipinski definition) is 2. The second-order valence-corrected chi connectivity index (χ2v) is 6.79. The maximum absolute atomic E-state index is 11.8. The maximum Gasteiger partial charge on any atom is 0.256 e. The first-order valence-corrected chi connectivity index (χ1v) is 6.80. The minimum atomic E-state index is -0.338. The fraction of sp³-hybridized carbons (Fsp3) is 0.538. The van der Waals surface area contributed by atoms with Gasteiger partial charge in [0.25, 0.3) is 5.91 Å². The first-order valence-electron chi connectivity index (χ1n) is 5.89. The molecule has 1 rings (SSSR count). The summed E-state index contributed by atoms with van der Waals surface area (Å²) < 4.78 is 0. The standard InChI is InChI=1S/C13H19BrN2O2/c1-13(2,3)6-9(14)7-16-12(18)10-8-15-5-4-11(10)17/h4-5,8-9H,6-7H2,1-3H3,(H,15,17)(H,16,18). The zero-order chi connectivity index (χ0) is 13.8. The molecule has 2 N–H and O–H groups in total. The van der Waals surface area contributed by atoms with E-state index in [4.69, 9.17) is 0 Å². The van der Waals surface area contributed by atoms with Crippen LogP contribution in [0.25, 0.3) is 0 Å². The molecule has 0 aliphatic carbocycles. The molecule has 0 saturated heterocycles. The van der Waals surface area contributed by atoms with Crippen molar-refractivity contribution < 1.29 is 4.79 Å². The van der Waals surface area contributed by atoms with Crippen molar-refractivity contribution in [2.24, 2.45) is 5.41 Å². The van der Waals surface area contributed by atoms with Crippen LogP contribution in [0.3, 0.4) is 0 Å². The summed E-state index contributed by atoms with van der Waals surface area (Å²) in [5.41, 5.74) is 0.0736. The zero-order valence-corrected chi connectivity index (χ0v) is 12.5. The molecule has 0 aliphatic heterocycles. The zero-order valence-electron chi connectivity index (χ0n) is 10.9. The van der Waals surface area contributed by atoms with Gasteiger partial charge in [-0.05, 0) is 11.8 Å². The Kier molecular flexibility index (Phi) is 5.14. The van der Waals surface area contributed by atoms with Gasteiger partial charge in [-0.3, -0.25) is 9.59 Å². The average molecular weight is 315 g/mol. The van der Waals surface area contributed by atoms with Crippen LogP contribution in [0.2, 0.25) is 0 Å². The van der Waals surface area contributed by atoms with Gasteiger partial charge in [-0.2, -0.15) is 0 Å².